The van der Waals surface area contributed by atoms with Crippen molar-refractivity contribution in [1.82, 2.24) is 0 Å². The summed E-state index contributed by atoms with van der Waals surface area (Å²) in [4.78, 5) is 0. The van der Waals surface area contributed by atoms with Crippen LogP contribution < -0.4 is 10.5 Å². The molecule has 21 heavy (non-hydrogen) atoms. The fraction of sp³-hybridized carbons (Fsp3) is 0.294. The Labute approximate surface area is 133 Å². The van der Waals surface area contributed by atoms with Crippen LogP contribution in [-0.4, -0.2) is 6.04 Å². The minimum atomic E-state index is -0.223. The van der Waals surface area contributed by atoms with E-state index in [-0.39, 0.29) is 11.9 Å². The molecule has 1 atom stereocenters. The average Bonchev–Trinajstić information content (AvgIpc) is 2.40. The van der Waals surface area contributed by atoms with E-state index in [1.807, 2.05) is 32.0 Å². The van der Waals surface area contributed by atoms with Crippen molar-refractivity contribution >= 4 is 15.9 Å². The molecule has 0 saturated carbocycles. The molecule has 0 aliphatic heterocycles. The van der Waals surface area contributed by atoms with Crippen molar-refractivity contribution in [2.75, 3.05) is 0 Å². The van der Waals surface area contributed by atoms with Gasteiger partial charge in [-0.25, -0.2) is 4.39 Å². The summed E-state index contributed by atoms with van der Waals surface area (Å²) in [6.45, 7) is 4.28. The summed E-state index contributed by atoms with van der Waals surface area (Å²) < 4.78 is 19.9. The molecule has 0 fully saturated rings. The summed E-state index contributed by atoms with van der Waals surface area (Å²) in [5.74, 6) is 0.566. The SMILES string of the molecule is Cc1cc(F)ccc1COc1ccc(Br)c(CC(C)N)c1. The maximum atomic E-state index is 13.1. The summed E-state index contributed by atoms with van der Waals surface area (Å²) in [5.41, 5.74) is 8.84. The number of rotatable bonds is 5. The molecular weight excluding hydrogens is 333 g/mol. The Hall–Kier alpha value is -1.39. The predicted octanol–water partition coefficient (Wildman–Crippen LogP) is 4.37. The van der Waals surface area contributed by atoms with E-state index in [1.54, 1.807) is 6.07 Å². The zero-order valence-electron chi connectivity index (χ0n) is 12.2. The molecule has 4 heteroatoms. The Morgan fingerprint density at radius 2 is 1.95 bits per heavy atom. The number of hydrogen-bond acceptors (Lipinski definition) is 2. The molecule has 0 bridgehead atoms. The van der Waals surface area contributed by atoms with Crippen LogP contribution in [0.5, 0.6) is 5.75 Å². The summed E-state index contributed by atoms with van der Waals surface area (Å²) in [6.07, 6.45) is 0.785. The second-order valence-electron chi connectivity index (χ2n) is 5.29. The molecule has 2 nitrogen and oxygen atoms in total. The van der Waals surface area contributed by atoms with Gasteiger partial charge in [-0.2, -0.15) is 0 Å². The molecule has 0 aromatic heterocycles. The van der Waals surface area contributed by atoms with Gasteiger partial charge < -0.3 is 10.5 Å². The highest BCUT2D eigenvalue weighted by Crippen LogP contribution is 2.24. The van der Waals surface area contributed by atoms with Crippen molar-refractivity contribution in [3.8, 4) is 5.75 Å². The minimum Gasteiger partial charge on any atom is -0.489 e. The lowest BCUT2D eigenvalue weighted by Crippen LogP contribution is -2.18. The van der Waals surface area contributed by atoms with E-state index < -0.39 is 0 Å². The maximum Gasteiger partial charge on any atom is 0.123 e. The molecule has 2 rings (SSSR count). The first-order valence-electron chi connectivity index (χ1n) is 6.87. The van der Waals surface area contributed by atoms with E-state index in [0.717, 1.165) is 33.3 Å². The van der Waals surface area contributed by atoms with Crippen LogP contribution in [0.15, 0.2) is 40.9 Å². The second kappa shape index (κ2) is 7.05. The quantitative estimate of drug-likeness (QED) is 0.868. The van der Waals surface area contributed by atoms with Gasteiger partial charge >= 0.3 is 0 Å². The third kappa shape index (κ3) is 4.55. The fourth-order valence-electron chi connectivity index (χ4n) is 2.13. The Bertz CT molecular complexity index is 628. The summed E-state index contributed by atoms with van der Waals surface area (Å²) in [6, 6.07) is 10.7. The fourth-order valence-corrected chi connectivity index (χ4v) is 2.54. The van der Waals surface area contributed by atoms with Crippen LogP contribution >= 0.6 is 15.9 Å². The molecule has 112 valence electrons. The Kier molecular flexibility index (Phi) is 5.37. The molecule has 0 heterocycles. The van der Waals surface area contributed by atoms with E-state index in [2.05, 4.69) is 15.9 Å². The van der Waals surface area contributed by atoms with E-state index >= 15 is 0 Å². The first-order chi connectivity index (χ1) is 9.95. The van der Waals surface area contributed by atoms with Gasteiger partial charge in [-0.15, -0.1) is 0 Å². The van der Waals surface area contributed by atoms with Crippen molar-refractivity contribution in [3.05, 3.63) is 63.4 Å². The summed E-state index contributed by atoms with van der Waals surface area (Å²) in [5, 5.41) is 0. The van der Waals surface area contributed by atoms with Gasteiger partial charge in [-0.05, 0) is 67.3 Å². The molecular formula is C17H19BrFNO. The van der Waals surface area contributed by atoms with Gasteiger partial charge in [0.2, 0.25) is 0 Å². The van der Waals surface area contributed by atoms with E-state index in [0.29, 0.717) is 6.61 Å². The predicted molar refractivity (Wildman–Crippen MR) is 87.0 cm³/mol. The maximum absolute atomic E-state index is 13.1. The minimum absolute atomic E-state index is 0.0934. The van der Waals surface area contributed by atoms with Crippen LogP contribution in [-0.2, 0) is 13.0 Å². The summed E-state index contributed by atoms with van der Waals surface area (Å²) in [7, 11) is 0. The average molecular weight is 352 g/mol. The zero-order chi connectivity index (χ0) is 15.4. The molecule has 2 aromatic carbocycles. The number of ether oxygens (including phenoxy) is 1. The highest BCUT2D eigenvalue weighted by molar-refractivity contribution is 9.10. The lowest BCUT2D eigenvalue weighted by Gasteiger charge is -2.12. The first-order valence-corrected chi connectivity index (χ1v) is 7.67. The van der Waals surface area contributed by atoms with Crippen molar-refractivity contribution in [2.45, 2.75) is 32.9 Å². The molecule has 2 N–H and O–H groups in total. The van der Waals surface area contributed by atoms with Crippen molar-refractivity contribution in [2.24, 2.45) is 5.73 Å². The third-order valence-corrected chi connectivity index (χ3v) is 4.03. The standard InChI is InChI=1S/C17H19BrFNO/c1-11-7-15(19)4-3-13(11)10-21-16-5-6-17(18)14(9-16)8-12(2)20/h3-7,9,12H,8,10,20H2,1-2H3. The Morgan fingerprint density at radius 3 is 2.62 bits per heavy atom. The van der Waals surface area contributed by atoms with Crippen LogP contribution in [0.1, 0.15) is 23.6 Å². The van der Waals surface area contributed by atoms with Gasteiger partial charge in [0.15, 0.2) is 0 Å². The molecule has 0 aliphatic rings. The zero-order valence-corrected chi connectivity index (χ0v) is 13.8. The molecule has 2 aromatic rings. The van der Waals surface area contributed by atoms with Crippen molar-refractivity contribution < 1.29 is 9.13 Å². The number of benzene rings is 2. The van der Waals surface area contributed by atoms with Crippen LogP contribution in [0, 0.1) is 12.7 Å². The van der Waals surface area contributed by atoms with Crippen LogP contribution in [0.2, 0.25) is 0 Å². The molecule has 0 spiro atoms. The number of aryl methyl sites for hydroxylation is 1. The lowest BCUT2D eigenvalue weighted by atomic mass is 10.1. The van der Waals surface area contributed by atoms with Gasteiger partial charge in [0.1, 0.15) is 18.2 Å². The molecule has 1 unspecified atom stereocenters. The van der Waals surface area contributed by atoms with E-state index in [4.69, 9.17) is 10.5 Å². The van der Waals surface area contributed by atoms with Crippen LogP contribution in [0.4, 0.5) is 4.39 Å². The van der Waals surface area contributed by atoms with E-state index in [1.165, 1.54) is 12.1 Å². The van der Waals surface area contributed by atoms with E-state index in [9.17, 15) is 4.39 Å². The number of halogens is 2. The molecule has 0 aliphatic carbocycles. The van der Waals surface area contributed by atoms with Gasteiger partial charge in [0.25, 0.3) is 0 Å². The van der Waals surface area contributed by atoms with Crippen molar-refractivity contribution in [3.63, 3.8) is 0 Å². The number of hydrogen-bond donors (Lipinski definition) is 1. The largest absolute Gasteiger partial charge is 0.489 e. The third-order valence-electron chi connectivity index (χ3n) is 3.26. The first kappa shape index (κ1) is 16.0. The van der Waals surface area contributed by atoms with Gasteiger partial charge in [0.05, 0.1) is 0 Å². The van der Waals surface area contributed by atoms with Gasteiger partial charge in [0, 0.05) is 10.5 Å². The highest BCUT2D eigenvalue weighted by Gasteiger charge is 2.06. The molecule has 0 saturated heterocycles. The second-order valence-corrected chi connectivity index (χ2v) is 6.15. The Balaban J connectivity index is 2.09. The number of nitrogens with two attached hydrogens (primary N) is 1. The highest BCUT2D eigenvalue weighted by atomic mass is 79.9. The monoisotopic (exact) mass is 351 g/mol. The molecule has 0 amide bonds. The van der Waals surface area contributed by atoms with Crippen LogP contribution in [0.25, 0.3) is 0 Å². The normalized spacial score (nSPS) is 12.2. The van der Waals surface area contributed by atoms with Gasteiger partial charge in [-0.1, -0.05) is 22.0 Å². The Morgan fingerprint density at radius 1 is 1.19 bits per heavy atom. The van der Waals surface area contributed by atoms with Crippen LogP contribution in [0.3, 0.4) is 0 Å². The summed E-state index contributed by atoms with van der Waals surface area (Å²) >= 11 is 3.52. The molecule has 0 radical (unpaired) electrons. The lowest BCUT2D eigenvalue weighted by molar-refractivity contribution is 0.305. The smallest absolute Gasteiger partial charge is 0.123 e. The van der Waals surface area contributed by atoms with Crippen molar-refractivity contribution in [1.29, 1.82) is 0 Å². The van der Waals surface area contributed by atoms with Gasteiger partial charge in [-0.3, -0.25) is 0 Å². The topological polar surface area (TPSA) is 35.2 Å².